The van der Waals surface area contributed by atoms with E-state index in [-0.39, 0.29) is 11.5 Å². The van der Waals surface area contributed by atoms with Gasteiger partial charge in [-0.3, -0.25) is 4.79 Å². The summed E-state index contributed by atoms with van der Waals surface area (Å²) in [5.41, 5.74) is 2.63. The van der Waals surface area contributed by atoms with Crippen molar-refractivity contribution in [3.8, 4) is 0 Å². The third-order valence-electron chi connectivity index (χ3n) is 6.14. The molecule has 1 N–H and O–H groups in total. The number of likely N-dealkylation sites (tertiary alicyclic amines) is 1. The van der Waals surface area contributed by atoms with E-state index in [9.17, 15) is 9.59 Å². The van der Waals surface area contributed by atoms with Crippen molar-refractivity contribution >= 4 is 16.8 Å². The maximum absolute atomic E-state index is 13.1. The number of carbonyl (C=O) groups is 1. The molecule has 1 aromatic carbocycles. The minimum Gasteiger partial charge on any atom is -0.427 e. The lowest BCUT2D eigenvalue weighted by Gasteiger charge is -2.36. The quantitative estimate of drug-likeness (QED) is 0.704. The molecule has 6 nitrogen and oxygen atoms in total. The molecule has 0 bridgehead atoms. The zero-order valence-electron chi connectivity index (χ0n) is 17.9. The first-order chi connectivity index (χ1) is 14.4. The summed E-state index contributed by atoms with van der Waals surface area (Å²) in [6, 6.07) is 10.3. The molecule has 1 saturated heterocycles. The second-order valence-corrected chi connectivity index (χ2v) is 8.43. The lowest BCUT2D eigenvalue weighted by Crippen LogP contribution is -2.48. The monoisotopic (exact) mass is 407 g/mol. The van der Waals surface area contributed by atoms with E-state index in [4.69, 9.17) is 4.42 Å². The second-order valence-electron chi connectivity index (χ2n) is 8.43. The Morgan fingerprint density at radius 3 is 2.83 bits per heavy atom. The topological polar surface area (TPSA) is 69.5 Å². The molecule has 1 aliphatic heterocycles. The molecule has 1 unspecified atom stereocenters. The zero-order valence-corrected chi connectivity index (χ0v) is 17.9. The smallest absolute Gasteiger partial charge is 0.349 e. The third kappa shape index (κ3) is 4.05. The molecule has 4 rings (SSSR count). The van der Waals surface area contributed by atoms with Crippen LogP contribution in [0.2, 0.25) is 0 Å². The lowest BCUT2D eigenvalue weighted by molar-refractivity contribution is 0.0629. The van der Waals surface area contributed by atoms with E-state index >= 15 is 0 Å². The predicted molar refractivity (Wildman–Crippen MR) is 118 cm³/mol. The Bertz CT molecular complexity index is 1110. The number of aromatic nitrogens is 1. The van der Waals surface area contributed by atoms with Gasteiger partial charge >= 0.3 is 5.63 Å². The van der Waals surface area contributed by atoms with Crippen molar-refractivity contribution < 1.29 is 9.21 Å². The SMILES string of the molecule is Cc1cc(CCc2c[nH]c3ccccc23)oc(=O)c1C(=O)N1CCCC(N(C)C)C1. The van der Waals surface area contributed by atoms with Gasteiger partial charge in [-0.1, -0.05) is 18.2 Å². The molecule has 1 aliphatic rings. The van der Waals surface area contributed by atoms with Crippen molar-refractivity contribution in [2.45, 2.75) is 38.6 Å². The van der Waals surface area contributed by atoms with Crippen LogP contribution in [0, 0.1) is 6.92 Å². The molecule has 0 spiro atoms. The van der Waals surface area contributed by atoms with Gasteiger partial charge in [0.15, 0.2) is 0 Å². The molecular weight excluding hydrogens is 378 g/mol. The number of para-hydroxylation sites is 1. The summed E-state index contributed by atoms with van der Waals surface area (Å²) >= 11 is 0. The standard InChI is InChI=1S/C24H29N3O3/c1-16-13-19(11-10-17-14-25-21-9-5-4-8-20(17)21)30-24(29)22(16)23(28)27-12-6-7-18(15-27)26(2)3/h4-5,8-9,13-14,18,25H,6-7,10-12,15H2,1-3H3. The highest BCUT2D eigenvalue weighted by molar-refractivity contribution is 5.95. The largest absolute Gasteiger partial charge is 0.427 e. The molecular formula is C24H29N3O3. The first-order valence-corrected chi connectivity index (χ1v) is 10.6. The minimum absolute atomic E-state index is 0.172. The van der Waals surface area contributed by atoms with Gasteiger partial charge in [0.05, 0.1) is 0 Å². The van der Waals surface area contributed by atoms with Crippen LogP contribution in [0.3, 0.4) is 0 Å². The maximum Gasteiger partial charge on any atom is 0.349 e. The fraction of sp³-hybridized carbons (Fsp3) is 0.417. The Hall–Kier alpha value is -2.86. The molecule has 1 fully saturated rings. The number of H-pyrrole nitrogens is 1. The molecule has 3 aromatic rings. The number of aryl methyl sites for hydroxylation is 3. The molecule has 30 heavy (non-hydrogen) atoms. The van der Waals surface area contributed by atoms with Gasteiger partial charge < -0.3 is 19.2 Å². The Morgan fingerprint density at radius 2 is 2.07 bits per heavy atom. The summed E-state index contributed by atoms with van der Waals surface area (Å²) < 4.78 is 5.56. The van der Waals surface area contributed by atoms with Crippen LogP contribution in [0.1, 0.15) is 40.1 Å². The highest BCUT2D eigenvalue weighted by Gasteiger charge is 2.28. The van der Waals surface area contributed by atoms with Gasteiger partial charge in [-0.05, 0) is 63.5 Å². The van der Waals surface area contributed by atoms with E-state index in [0.29, 0.717) is 36.9 Å². The summed E-state index contributed by atoms with van der Waals surface area (Å²) in [6.45, 7) is 3.16. The third-order valence-corrected chi connectivity index (χ3v) is 6.14. The number of piperidine rings is 1. The fourth-order valence-electron chi connectivity index (χ4n) is 4.37. The van der Waals surface area contributed by atoms with Gasteiger partial charge in [-0.15, -0.1) is 0 Å². The van der Waals surface area contributed by atoms with Gasteiger partial charge in [-0.2, -0.15) is 0 Å². The molecule has 2 aromatic heterocycles. The lowest BCUT2D eigenvalue weighted by atomic mass is 10.0. The van der Waals surface area contributed by atoms with Gasteiger partial charge in [0, 0.05) is 42.7 Å². The average Bonchev–Trinajstić information content (AvgIpc) is 3.15. The van der Waals surface area contributed by atoms with E-state index in [1.54, 1.807) is 4.90 Å². The summed E-state index contributed by atoms with van der Waals surface area (Å²) in [7, 11) is 4.06. The Morgan fingerprint density at radius 1 is 1.27 bits per heavy atom. The second kappa shape index (κ2) is 8.48. The van der Waals surface area contributed by atoms with E-state index in [1.807, 2.05) is 51.5 Å². The van der Waals surface area contributed by atoms with E-state index in [1.165, 1.54) is 10.9 Å². The van der Waals surface area contributed by atoms with E-state index in [0.717, 1.165) is 24.8 Å². The van der Waals surface area contributed by atoms with Crippen molar-refractivity contribution in [2.24, 2.45) is 0 Å². The van der Waals surface area contributed by atoms with Crippen LogP contribution in [0.5, 0.6) is 0 Å². The highest BCUT2D eigenvalue weighted by atomic mass is 16.4. The number of nitrogens with one attached hydrogen (secondary N) is 1. The van der Waals surface area contributed by atoms with E-state index < -0.39 is 5.63 Å². The van der Waals surface area contributed by atoms with Crippen molar-refractivity contribution in [1.82, 2.24) is 14.8 Å². The number of benzene rings is 1. The Balaban J connectivity index is 1.50. The number of hydrogen-bond donors (Lipinski definition) is 1. The Labute approximate surface area is 176 Å². The van der Waals surface area contributed by atoms with Gasteiger partial charge in [0.2, 0.25) is 0 Å². The number of nitrogens with zero attached hydrogens (tertiary/aromatic N) is 2. The number of likely N-dealkylation sites (N-methyl/N-ethyl adjacent to an activating group) is 1. The van der Waals surface area contributed by atoms with Crippen molar-refractivity contribution in [2.75, 3.05) is 27.2 Å². The van der Waals surface area contributed by atoms with Crippen LogP contribution in [-0.2, 0) is 12.8 Å². The zero-order chi connectivity index (χ0) is 21.3. The Kier molecular flexibility index (Phi) is 5.77. The average molecular weight is 408 g/mol. The summed E-state index contributed by atoms with van der Waals surface area (Å²) in [5, 5.41) is 1.18. The molecule has 0 saturated carbocycles. The normalized spacial score (nSPS) is 17.1. The van der Waals surface area contributed by atoms with Crippen LogP contribution in [0.15, 0.2) is 45.7 Å². The van der Waals surface area contributed by atoms with Gasteiger partial charge in [-0.25, -0.2) is 4.79 Å². The maximum atomic E-state index is 13.1. The number of carbonyl (C=O) groups excluding carboxylic acids is 1. The van der Waals surface area contributed by atoms with Crippen molar-refractivity contribution in [3.05, 3.63) is 69.4 Å². The molecule has 0 aliphatic carbocycles. The first kappa shape index (κ1) is 20.4. The first-order valence-electron chi connectivity index (χ1n) is 10.6. The van der Waals surface area contributed by atoms with Gasteiger partial charge in [0.25, 0.3) is 5.91 Å². The summed E-state index contributed by atoms with van der Waals surface area (Å²) in [5.74, 6) is 0.403. The minimum atomic E-state index is -0.527. The number of rotatable bonds is 5. The van der Waals surface area contributed by atoms with Gasteiger partial charge in [0.1, 0.15) is 11.3 Å². The molecule has 1 atom stereocenters. The number of fused-ring (bicyclic) bond motifs is 1. The van der Waals surface area contributed by atoms with Crippen LogP contribution in [-0.4, -0.2) is 53.9 Å². The van der Waals surface area contributed by atoms with Crippen LogP contribution in [0.25, 0.3) is 10.9 Å². The molecule has 158 valence electrons. The molecule has 6 heteroatoms. The summed E-state index contributed by atoms with van der Waals surface area (Å²) in [4.78, 5) is 33.0. The number of aromatic amines is 1. The van der Waals surface area contributed by atoms with Crippen LogP contribution >= 0.6 is 0 Å². The molecule has 1 amide bonds. The predicted octanol–water partition coefficient (Wildman–Crippen LogP) is 3.38. The van der Waals surface area contributed by atoms with Crippen molar-refractivity contribution in [1.29, 1.82) is 0 Å². The number of hydrogen-bond acceptors (Lipinski definition) is 4. The van der Waals surface area contributed by atoms with Crippen LogP contribution < -0.4 is 5.63 Å². The molecule has 0 radical (unpaired) electrons. The van der Waals surface area contributed by atoms with Crippen LogP contribution in [0.4, 0.5) is 0 Å². The number of amides is 1. The fourth-order valence-corrected chi connectivity index (χ4v) is 4.37. The summed E-state index contributed by atoms with van der Waals surface area (Å²) in [6.07, 6.45) is 5.39. The van der Waals surface area contributed by atoms with Crippen molar-refractivity contribution in [3.63, 3.8) is 0 Å². The highest BCUT2D eigenvalue weighted by Crippen LogP contribution is 2.21. The molecule has 3 heterocycles. The van der Waals surface area contributed by atoms with E-state index in [2.05, 4.69) is 16.0 Å².